The second kappa shape index (κ2) is 4.08. The van der Waals surface area contributed by atoms with Gasteiger partial charge < -0.3 is 5.11 Å². The molecule has 0 atom stereocenters. The SMILES string of the molecule is O=C(O)CCN1C(=O)C2=C(CCCC2)C1=O. The second-order valence-electron chi connectivity index (χ2n) is 4.07. The van der Waals surface area contributed by atoms with Crippen LogP contribution < -0.4 is 0 Å². The van der Waals surface area contributed by atoms with Crippen molar-refractivity contribution in [2.75, 3.05) is 6.54 Å². The van der Waals surface area contributed by atoms with E-state index in [-0.39, 0.29) is 24.8 Å². The lowest BCUT2D eigenvalue weighted by molar-refractivity contribution is -0.140. The van der Waals surface area contributed by atoms with Crippen molar-refractivity contribution >= 4 is 17.8 Å². The third kappa shape index (κ3) is 1.73. The van der Waals surface area contributed by atoms with E-state index in [0.717, 1.165) is 17.7 Å². The Morgan fingerprint density at radius 2 is 1.62 bits per heavy atom. The van der Waals surface area contributed by atoms with Crippen LogP contribution >= 0.6 is 0 Å². The van der Waals surface area contributed by atoms with Crippen LogP contribution in [0, 0.1) is 0 Å². The molecule has 1 N–H and O–H groups in total. The fourth-order valence-corrected chi connectivity index (χ4v) is 2.21. The predicted octanol–water partition coefficient (Wildman–Crippen LogP) is 0.701. The Morgan fingerprint density at radius 1 is 1.12 bits per heavy atom. The van der Waals surface area contributed by atoms with Crippen molar-refractivity contribution in [3.8, 4) is 0 Å². The van der Waals surface area contributed by atoms with E-state index in [4.69, 9.17) is 5.11 Å². The zero-order valence-corrected chi connectivity index (χ0v) is 8.86. The molecular formula is C11H13NO4. The summed E-state index contributed by atoms with van der Waals surface area (Å²) in [7, 11) is 0. The van der Waals surface area contributed by atoms with Crippen LogP contribution in [-0.4, -0.2) is 34.3 Å². The number of hydrogen-bond acceptors (Lipinski definition) is 3. The average Bonchev–Trinajstić information content (AvgIpc) is 2.50. The maximum atomic E-state index is 11.8. The van der Waals surface area contributed by atoms with Gasteiger partial charge in [-0.3, -0.25) is 19.3 Å². The van der Waals surface area contributed by atoms with E-state index >= 15 is 0 Å². The molecule has 0 unspecified atom stereocenters. The lowest BCUT2D eigenvalue weighted by atomic mass is 9.93. The highest BCUT2D eigenvalue weighted by atomic mass is 16.4. The Hall–Kier alpha value is -1.65. The first-order chi connectivity index (χ1) is 7.61. The molecule has 86 valence electrons. The highest BCUT2D eigenvalue weighted by molar-refractivity contribution is 6.19. The number of aliphatic carboxylic acids is 1. The van der Waals surface area contributed by atoms with Gasteiger partial charge in [-0.2, -0.15) is 0 Å². The summed E-state index contributed by atoms with van der Waals surface area (Å²) in [5.41, 5.74) is 1.23. The van der Waals surface area contributed by atoms with Crippen LogP contribution in [0.25, 0.3) is 0 Å². The van der Waals surface area contributed by atoms with Crippen LogP contribution in [0.3, 0.4) is 0 Å². The van der Waals surface area contributed by atoms with Gasteiger partial charge in [0.1, 0.15) is 0 Å². The third-order valence-corrected chi connectivity index (χ3v) is 3.02. The first-order valence-corrected chi connectivity index (χ1v) is 5.41. The van der Waals surface area contributed by atoms with Gasteiger partial charge >= 0.3 is 5.97 Å². The molecule has 1 heterocycles. The van der Waals surface area contributed by atoms with Gasteiger partial charge in [-0.1, -0.05) is 0 Å². The maximum absolute atomic E-state index is 11.8. The number of imide groups is 1. The van der Waals surface area contributed by atoms with E-state index in [1.54, 1.807) is 0 Å². The van der Waals surface area contributed by atoms with Crippen molar-refractivity contribution in [3.63, 3.8) is 0 Å². The smallest absolute Gasteiger partial charge is 0.305 e. The van der Waals surface area contributed by atoms with Crippen molar-refractivity contribution < 1.29 is 19.5 Å². The van der Waals surface area contributed by atoms with Gasteiger partial charge in [-0.15, -0.1) is 0 Å². The van der Waals surface area contributed by atoms with Crippen LogP contribution in [0.5, 0.6) is 0 Å². The predicted molar refractivity (Wildman–Crippen MR) is 54.5 cm³/mol. The molecule has 1 aliphatic carbocycles. The zero-order valence-electron chi connectivity index (χ0n) is 8.86. The van der Waals surface area contributed by atoms with Crippen molar-refractivity contribution in [2.45, 2.75) is 32.1 Å². The van der Waals surface area contributed by atoms with Crippen molar-refractivity contribution in [3.05, 3.63) is 11.1 Å². The molecule has 0 aromatic heterocycles. The summed E-state index contributed by atoms with van der Waals surface area (Å²) in [6.07, 6.45) is 3.00. The number of nitrogens with zero attached hydrogens (tertiary/aromatic N) is 1. The molecule has 0 saturated heterocycles. The highest BCUT2D eigenvalue weighted by Crippen LogP contribution is 2.32. The van der Waals surface area contributed by atoms with E-state index in [1.807, 2.05) is 0 Å². The summed E-state index contributed by atoms with van der Waals surface area (Å²) < 4.78 is 0. The van der Waals surface area contributed by atoms with Crippen LogP contribution in [0.4, 0.5) is 0 Å². The Morgan fingerprint density at radius 3 is 2.06 bits per heavy atom. The molecule has 0 spiro atoms. The second-order valence-corrected chi connectivity index (χ2v) is 4.07. The molecule has 2 amide bonds. The first kappa shape index (κ1) is 10.9. The van der Waals surface area contributed by atoms with E-state index in [9.17, 15) is 14.4 Å². The third-order valence-electron chi connectivity index (χ3n) is 3.02. The maximum Gasteiger partial charge on any atom is 0.305 e. The van der Waals surface area contributed by atoms with Crippen LogP contribution in [0.15, 0.2) is 11.1 Å². The van der Waals surface area contributed by atoms with Crippen molar-refractivity contribution in [1.29, 1.82) is 0 Å². The Kier molecular flexibility index (Phi) is 2.77. The summed E-state index contributed by atoms with van der Waals surface area (Å²) in [6, 6.07) is 0. The Labute approximate surface area is 92.7 Å². The molecule has 2 aliphatic rings. The summed E-state index contributed by atoms with van der Waals surface area (Å²) in [4.78, 5) is 35.1. The molecule has 2 rings (SSSR count). The molecule has 0 aromatic rings. The molecule has 5 nitrogen and oxygen atoms in total. The first-order valence-electron chi connectivity index (χ1n) is 5.41. The molecule has 16 heavy (non-hydrogen) atoms. The van der Waals surface area contributed by atoms with Crippen LogP contribution in [0.1, 0.15) is 32.1 Å². The Balaban J connectivity index is 2.12. The van der Waals surface area contributed by atoms with Gasteiger partial charge in [0.2, 0.25) is 0 Å². The average molecular weight is 223 g/mol. The summed E-state index contributed by atoms with van der Waals surface area (Å²) in [6.45, 7) is -0.0139. The molecule has 0 aromatic carbocycles. The lowest BCUT2D eigenvalue weighted by Gasteiger charge is -2.12. The topological polar surface area (TPSA) is 74.7 Å². The standard InChI is InChI=1S/C11H13NO4/c13-9(14)5-6-12-10(15)7-3-1-2-4-8(7)11(12)16/h1-6H2,(H,13,14). The monoisotopic (exact) mass is 223 g/mol. The molecule has 0 saturated carbocycles. The largest absolute Gasteiger partial charge is 0.481 e. The molecule has 5 heteroatoms. The summed E-state index contributed by atoms with van der Waals surface area (Å²) >= 11 is 0. The van der Waals surface area contributed by atoms with Gasteiger partial charge in [0, 0.05) is 17.7 Å². The lowest BCUT2D eigenvalue weighted by Crippen LogP contribution is -2.33. The minimum absolute atomic E-state index is 0.0139. The van der Waals surface area contributed by atoms with Gasteiger partial charge in [0.15, 0.2) is 0 Å². The van der Waals surface area contributed by atoms with E-state index in [2.05, 4.69) is 0 Å². The fraction of sp³-hybridized carbons (Fsp3) is 0.545. The molecule has 1 aliphatic heterocycles. The van der Waals surface area contributed by atoms with Crippen molar-refractivity contribution in [1.82, 2.24) is 4.90 Å². The number of hydrogen-bond donors (Lipinski definition) is 1. The number of amides is 2. The summed E-state index contributed by atoms with van der Waals surface area (Å²) in [5.74, 6) is -1.55. The molecule has 0 fully saturated rings. The Bertz CT molecular complexity index is 369. The molecule has 0 bridgehead atoms. The van der Waals surface area contributed by atoms with E-state index in [1.165, 1.54) is 0 Å². The minimum Gasteiger partial charge on any atom is -0.481 e. The van der Waals surface area contributed by atoms with E-state index in [0.29, 0.717) is 24.0 Å². The normalized spacial score (nSPS) is 20.4. The molecule has 0 radical (unpaired) electrons. The zero-order chi connectivity index (χ0) is 11.7. The highest BCUT2D eigenvalue weighted by Gasteiger charge is 2.38. The van der Waals surface area contributed by atoms with Crippen LogP contribution in [0.2, 0.25) is 0 Å². The summed E-state index contributed by atoms with van der Waals surface area (Å²) in [5, 5.41) is 8.54. The van der Waals surface area contributed by atoms with Crippen LogP contribution in [-0.2, 0) is 14.4 Å². The van der Waals surface area contributed by atoms with Crippen molar-refractivity contribution in [2.24, 2.45) is 0 Å². The van der Waals surface area contributed by atoms with Gasteiger partial charge in [0.25, 0.3) is 11.8 Å². The number of carbonyl (C=O) groups is 3. The van der Waals surface area contributed by atoms with Gasteiger partial charge in [-0.05, 0) is 25.7 Å². The number of carbonyl (C=O) groups excluding carboxylic acids is 2. The number of rotatable bonds is 3. The van der Waals surface area contributed by atoms with Gasteiger partial charge in [-0.25, -0.2) is 0 Å². The fourth-order valence-electron chi connectivity index (χ4n) is 2.21. The van der Waals surface area contributed by atoms with E-state index < -0.39 is 5.97 Å². The molecular weight excluding hydrogens is 210 g/mol. The quantitative estimate of drug-likeness (QED) is 0.715. The van der Waals surface area contributed by atoms with Gasteiger partial charge in [0.05, 0.1) is 6.42 Å². The minimum atomic E-state index is -0.995. The number of carboxylic acid groups (broad SMARTS) is 1. The number of carboxylic acids is 1.